The van der Waals surface area contributed by atoms with Crippen LogP contribution < -0.4 is 0 Å². The Morgan fingerprint density at radius 1 is 0.280 bits per heavy atom. The predicted molar refractivity (Wildman–Crippen MR) is 325 cm³/mol. The summed E-state index contributed by atoms with van der Waals surface area (Å²) in [7, 11) is 0. The summed E-state index contributed by atoms with van der Waals surface area (Å²) in [6.45, 7) is 6.38. The first-order valence-corrected chi connectivity index (χ1v) is 31.0. The molecule has 6 heteroatoms. The van der Waals surface area contributed by atoms with Gasteiger partial charge in [0.15, 0.2) is 6.10 Å². The third-order valence-corrected chi connectivity index (χ3v) is 12.9. The van der Waals surface area contributed by atoms with E-state index in [0.717, 1.165) is 141 Å². The van der Waals surface area contributed by atoms with Gasteiger partial charge in [-0.05, 0) is 128 Å². The van der Waals surface area contributed by atoms with Gasteiger partial charge in [0.05, 0.1) is 0 Å². The van der Waals surface area contributed by atoms with Gasteiger partial charge in [0.2, 0.25) is 0 Å². The largest absolute Gasteiger partial charge is 0.462 e. The van der Waals surface area contributed by atoms with E-state index in [-0.39, 0.29) is 31.1 Å². The van der Waals surface area contributed by atoms with E-state index >= 15 is 0 Å². The summed E-state index contributed by atoms with van der Waals surface area (Å²) >= 11 is 0. The van der Waals surface area contributed by atoms with Crippen LogP contribution in [-0.2, 0) is 28.6 Å². The van der Waals surface area contributed by atoms with E-state index in [0.29, 0.717) is 19.3 Å². The topological polar surface area (TPSA) is 78.9 Å². The number of carbonyl (C=O) groups is 3. The van der Waals surface area contributed by atoms with Crippen LogP contribution in [0.1, 0.15) is 278 Å². The van der Waals surface area contributed by atoms with Crippen molar-refractivity contribution in [3.8, 4) is 0 Å². The first-order chi connectivity index (χ1) is 37.0. The Hall–Kier alpha value is -4.19. The van der Waals surface area contributed by atoms with Crippen molar-refractivity contribution < 1.29 is 28.6 Å². The fraction of sp³-hybridized carbons (Fsp3) is 0.667. The number of unbranched alkanes of at least 4 members (excludes halogenated alkanes) is 24. The minimum absolute atomic E-state index is 0.0919. The molecule has 0 bridgehead atoms. The van der Waals surface area contributed by atoms with E-state index in [4.69, 9.17) is 14.2 Å². The molecule has 426 valence electrons. The highest BCUT2D eigenvalue weighted by atomic mass is 16.6. The Kier molecular flexibility index (Phi) is 58.9. The van der Waals surface area contributed by atoms with Crippen LogP contribution >= 0.6 is 0 Å². The Morgan fingerprint density at radius 2 is 0.520 bits per heavy atom. The highest BCUT2D eigenvalue weighted by Gasteiger charge is 2.19. The third-order valence-electron chi connectivity index (χ3n) is 12.9. The quantitative estimate of drug-likeness (QED) is 0.0261. The molecule has 0 amide bonds. The van der Waals surface area contributed by atoms with Gasteiger partial charge in [-0.25, -0.2) is 0 Å². The van der Waals surface area contributed by atoms with Crippen molar-refractivity contribution in [2.75, 3.05) is 13.2 Å². The lowest BCUT2D eigenvalue weighted by molar-refractivity contribution is -0.167. The van der Waals surface area contributed by atoms with Crippen molar-refractivity contribution >= 4 is 17.9 Å². The van der Waals surface area contributed by atoms with Crippen LogP contribution in [0.4, 0.5) is 0 Å². The maximum Gasteiger partial charge on any atom is 0.306 e. The molecule has 0 saturated heterocycles. The average Bonchev–Trinajstić information content (AvgIpc) is 3.41. The standard InChI is InChI=1S/C69H114O6/c1-4-7-10-13-16-19-22-25-27-29-31-32-33-34-35-36-38-39-41-44-47-50-53-56-59-62-68(71)74-65-66(64-73-67(70)61-58-55-52-49-46-43-24-21-18-15-12-9-6-3)75-69(72)63-60-57-54-51-48-45-42-40-37-30-28-26-23-20-17-14-11-8-5-2/h7-8,10-11,16-17,19-21,24-28,31-32,34-35,37,40,66H,4-6,9,12-15,18,22-23,29-30,33,36,38-39,41-65H2,1-3H3/b10-7-,11-8-,19-16-,20-17-,24-21-,27-25-,28-26-,32-31-,35-34-,40-37-. The van der Waals surface area contributed by atoms with E-state index in [1.807, 2.05) is 0 Å². The molecule has 0 aliphatic heterocycles. The van der Waals surface area contributed by atoms with Gasteiger partial charge in [-0.15, -0.1) is 0 Å². The maximum absolute atomic E-state index is 12.9. The van der Waals surface area contributed by atoms with Crippen LogP contribution in [0, 0.1) is 0 Å². The van der Waals surface area contributed by atoms with Gasteiger partial charge in [-0.1, -0.05) is 251 Å². The summed E-state index contributed by atoms with van der Waals surface area (Å²) in [6.07, 6.45) is 86.2. The summed E-state index contributed by atoms with van der Waals surface area (Å²) < 4.78 is 16.9. The number of ether oxygens (including phenoxy) is 3. The summed E-state index contributed by atoms with van der Waals surface area (Å²) in [5, 5.41) is 0. The minimum Gasteiger partial charge on any atom is -0.462 e. The molecule has 0 aromatic rings. The van der Waals surface area contributed by atoms with Gasteiger partial charge in [0, 0.05) is 19.3 Å². The molecule has 0 aromatic heterocycles. The molecule has 0 aliphatic carbocycles. The summed E-state index contributed by atoms with van der Waals surface area (Å²) in [5.74, 6) is -0.917. The monoisotopic (exact) mass is 1040 g/mol. The number of hydrogen-bond acceptors (Lipinski definition) is 6. The van der Waals surface area contributed by atoms with Gasteiger partial charge in [-0.3, -0.25) is 14.4 Å². The van der Waals surface area contributed by atoms with Crippen LogP contribution in [0.3, 0.4) is 0 Å². The van der Waals surface area contributed by atoms with Gasteiger partial charge in [0.1, 0.15) is 13.2 Å². The molecule has 0 saturated carbocycles. The van der Waals surface area contributed by atoms with Crippen molar-refractivity contribution in [2.24, 2.45) is 0 Å². The molecular formula is C69H114O6. The zero-order valence-electron chi connectivity index (χ0n) is 48.8. The second kappa shape index (κ2) is 62.4. The summed E-state index contributed by atoms with van der Waals surface area (Å²) in [5.41, 5.74) is 0. The smallest absolute Gasteiger partial charge is 0.306 e. The van der Waals surface area contributed by atoms with Crippen LogP contribution in [0.25, 0.3) is 0 Å². The Balaban J connectivity index is 4.38. The van der Waals surface area contributed by atoms with Gasteiger partial charge in [-0.2, -0.15) is 0 Å². The number of esters is 3. The fourth-order valence-corrected chi connectivity index (χ4v) is 8.34. The van der Waals surface area contributed by atoms with Crippen molar-refractivity contribution in [2.45, 2.75) is 284 Å². The van der Waals surface area contributed by atoms with E-state index in [9.17, 15) is 14.4 Å². The number of carbonyl (C=O) groups excluding carboxylic acids is 3. The number of hydrogen-bond donors (Lipinski definition) is 0. The number of rotatable bonds is 55. The van der Waals surface area contributed by atoms with Crippen molar-refractivity contribution in [3.63, 3.8) is 0 Å². The van der Waals surface area contributed by atoms with Crippen LogP contribution in [0.2, 0.25) is 0 Å². The second-order valence-corrected chi connectivity index (χ2v) is 20.2. The highest BCUT2D eigenvalue weighted by molar-refractivity contribution is 5.71. The minimum atomic E-state index is -0.796. The molecule has 0 rings (SSSR count). The summed E-state index contributed by atoms with van der Waals surface area (Å²) in [4.78, 5) is 38.3. The lowest BCUT2D eigenvalue weighted by Gasteiger charge is -2.18. The molecule has 0 heterocycles. The lowest BCUT2D eigenvalue weighted by Crippen LogP contribution is -2.30. The van der Waals surface area contributed by atoms with E-state index in [1.165, 1.54) is 96.3 Å². The molecule has 0 N–H and O–H groups in total. The van der Waals surface area contributed by atoms with Gasteiger partial charge < -0.3 is 14.2 Å². The third kappa shape index (κ3) is 60.6. The predicted octanol–water partition coefficient (Wildman–Crippen LogP) is 21.2. The fourth-order valence-electron chi connectivity index (χ4n) is 8.34. The Bertz CT molecular complexity index is 1570. The maximum atomic E-state index is 12.9. The van der Waals surface area contributed by atoms with Crippen LogP contribution in [-0.4, -0.2) is 37.2 Å². The van der Waals surface area contributed by atoms with E-state index in [2.05, 4.69) is 142 Å². The molecule has 1 atom stereocenters. The van der Waals surface area contributed by atoms with Crippen molar-refractivity contribution in [1.82, 2.24) is 0 Å². The second-order valence-electron chi connectivity index (χ2n) is 20.2. The molecule has 0 spiro atoms. The molecule has 75 heavy (non-hydrogen) atoms. The zero-order valence-corrected chi connectivity index (χ0v) is 48.8. The Labute approximate surface area is 462 Å². The molecule has 6 nitrogen and oxygen atoms in total. The zero-order chi connectivity index (χ0) is 54.3. The first kappa shape index (κ1) is 70.8. The molecule has 0 fully saturated rings. The average molecular weight is 1040 g/mol. The Morgan fingerprint density at radius 3 is 0.827 bits per heavy atom. The van der Waals surface area contributed by atoms with Crippen molar-refractivity contribution in [1.29, 1.82) is 0 Å². The molecule has 0 aliphatic rings. The molecule has 0 aromatic carbocycles. The normalized spacial score (nSPS) is 12.9. The SMILES string of the molecule is CC/C=C\C/C=C\C/C=C\C/C=C\C/C=C\CCCCCCCCCCCC(=O)OCC(COC(=O)CCCCCCC/C=C\CCCCCC)OC(=O)CCCCCCCC/C=C\C/C=C\C/C=C\C/C=C\CC. The molecular weight excluding hydrogens is 925 g/mol. The van der Waals surface area contributed by atoms with Crippen molar-refractivity contribution in [3.05, 3.63) is 122 Å². The van der Waals surface area contributed by atoms with Crippen LogP contribution in [0.15, 0.2) is 122 Å². The van der Waals surface area contributed by atoms with E-state index < -0.39 is 6.10 Å². The summed E-state index contributed by atoms with van der Waals surface area (Å²) in [6, 6.07) is 0. The molecule has 0 radical (unpaired) electrons. The molecule has 1 unspecified atom stereocenters. The van der Waals surface area contributed by atoms with Crippen LogP contribution in [0.5, 0.6) is 0 Å². The lowest BCUT2D eigenvalue weighted by atomic mass is 10.1. The van der Waals surface area contributed by atoms with Gasteiger partial charge >= 0.3 is 17.9 Å². The highest BCUT2D eigenvalue weighted by Crippen LogP contribution is 2.15. The number of allylic oxidation sites excluding steroid dienone is 20. The van der Waals surface area contributed by atoms with Gasteiger partial charge in [0.25, 0.3) is 0 Å². The van der Waals surface area contributed by atoms with E-state index in [1.54, 1.807) is 0 Å². The first-order valence-electron chi connectivity index (χ1n) is 31.0.